The average molecular weight is 456 g/mol. The highest BCUT2D eigenvalue weighted by Gasteiger charge is 2.06. The highest BCUT2D eigenvalue weighted by molar-refractivity contribution is 9.10. The molecule has 0 unspecified atom stereocenters. The Balaban J connectivity index is 1.43. The van der Waals surface area contributed by atoms with E-state index in [9.17, 15) is 4.79 Å². The predicted octanol–water partition coefficient (Wildman–Crippen LogP) is 5.23. The quantitative estimate of drug-likeness (QED) is 0.448. The fourth-order valence-electron chi connectivity index (χ4n) is 2.55. The van der Waals surface area contributed by atoms with Crippen molar-refractivity contribution in [2.45, 2.75) is 6.92 Å². The summed E-state index contributed by atoms with van der Waals surface area (Å²) in [5.41, 5.74) is 1.69. The molecule has 0 aliphatic rings. The molecule has 0 spiro atoms. The molecule has 0 aromatic heterocycles. The molecule has 1 N–H and O–H groups in total. The summed E-state index contributed by atoms with van der Waals surface area (Å²) in [5.74, 6) is 1.87. The second-order valence-electron chi connectivity index (χ2n) is 6.29. The van der Waals surface area contributed by atoms with Crippen LogP contribution in [0.3, 0.4) is 0 Å². The monoisotopic (exact) mass is 455 g/mol. The van der Waals surface area contributed by atoms with Crippen molar-refractivity contribution in [1.29, 1.82) is 0 Å². The van der Waals surface area contributed by atoms with Crippen molar-refractivity contribution in [1.82, 2.24) is 0 Å². The molecule has 0 aliphatic carbocycles. The van der Waals surface area contributed by atoms with Crippen molar-refractivity contribution in [3.63, 3.8) is 0 Å². The number of aryl methyl sites for hydroxylation is 1. The normalized spacial score (nSPS) is 10.3. The van der Waals surface area contributed by atoms with Crippen LogP contribution in [-0.4, -0.2) is 25.7 Å². The van der Waals surface area contributed by atoms with Gasteiger partial charge in [-0.3, -0.25) is 4.79 Å². The van der Waals surface area contributed by atoms with E-state index in [1.807, 2.05) is 67.6 Å². The van der Waals surface area contributed by atoms with Crippen LogP contribution in [0.1, 0.15) is 5.56 Å². The van der Waals surface area contributed by atoms with E-state index >= 15 is 0 Å². The Morgan fingerprint density at radius 1 is 0.828 bits per heavy atom. The smallest absolute Gasteiger partial charge is 0.262 e. The van der Waals surface area contributed by atoms with Crippen molar-refractivity contribution in [2.75, 3.05) is 25.1 Å². The second kappa shape index (κ2) is 10.5. The summed E-state index contributed by atoms with van der Waals surface area (Å²) in [6, 6.07) is 22.4. The van der Waals surface area contributed by atoms with Gasteiger partial charge in [-0.1, -0.05) is 40.2 Å². The molecule has 29 heavy (non-hydrogen) atoms. The highest BCUT2D eigenvalue weighted by Crippen LogP contribution is 2.22. The maximum atomic E-state index is 12.2. The summed E-state index contributed by atoms with van der Waals surface area (Å²) in [4.78, 5) is 12.2. The van der Waals surface area contributed by atoms with Crippen LogP contribution in [-0.2, 0) is 4.79 Å². The second-order valence-corrected chi connectivity index (χ2v) is 7.14. The van der Waals surface area contributed by atoms with Gasteiger partial charge in [0.15, 0.2) is 6.61 Å². The summed E-state index contributed by atoms with van der Waals surface area (Å²) < 4.78 is 17.8. The zero-order valence-electron chi connectivity index (χ0n) is 16.1. The summed E-state index contributed by atoms with van der Waals surface area (Å²) in [6.45, 7) is 2.73. The van der Waals surface area contributed by atoms with E-state index in [2.05, 4.69) is 21.2 Å². The van der Waals surface area contributed by atoms with Crippen LogP contribution in [0.2, 0.25) is 0 Å². The van der Waals surface area contributed by atoms with Crippen LogP contribution in [0.15, 0.2) is 77.3 Å². The third kappa shape index (κ3) is 6.84. The van der Waals surface area contributed by atoms with Crippen LogP contribution in [0.25, 0.3) is 0 Å². The van der Waals surface area contributed by atoms with E-state index in [1.54, 1.807) is 12.1 Å². The van der Waals surface area contributed by atoms with Gasteiger partial charge in [0.1, 0.15) is 30.5 Å². The molecular formula is C23H22BrNO4. The van der Waals surface area contributed by atoms with Crippen LogP contribution in [0.5, 0.6) is 17.2 Å². The number of hydrogen-bond donors (Lipinski definition) is 1. The zero-order chi connectivity index (χ0) is 20.5. The van der Waals surface area contributed by atoms with Crippen molar-refractivity contribution in [3.05, 3.63) is 82.8 Å². The minimum atomic E-state index is -0.241. The number of para-hydroxylation sites is 1. The molecule has 5 nitrogen and oxygen atoms in total. The minimum Gasteiger partial charge on any atom is -0.490 e. The lowest BCUT2D eigenvalue weighted by molar-refractivity contribution is -0.118. The number of carbonyl (C=O) groups is 1. The SMILES string of the molecule is Cc1cc(OCC(=O)Nc2cccc(OCCOc3ccccc3)c2)ccc1Br. The molecule has 6 heteroatoms. The number of ether oxygens (including phenoxy) is 3. The van der Waals surface area contributed by atoms with Gasteiger partial charge >= 0.3 is 0 Å². The molecule has 3 rings (SSSR count). The molecular weight excluding hydrogens is 434 g/mol. The lowest BCUT2D eigenvalue weighted by atomic mass is 10.2. The maximum Gasteiger partial charge on any atom is 0.262 e. The number of carbonyl (C=O) groups excluding carboxylic acids is 1. The summed E-state index contributed by atoms with van der Waals surface area (Å²) in [7, 11) is 0. The van der Waals surface area contributed by atoms with E-state index in [-0.39, 0.29) is 12.5 Å². The fraction of sp³-hybridized carbons (Fsp3) is 0.174. The largest absolute Gasteiger partial charge is 0.490 e. The molecule has 0 fully saturated rings. The summed E-state index contributed by atoms with van der Waals surface area (Å²) >= 11 is 3.44. The van der Waals surface area contributed by atoms with Gasteiger partial charge in [-0.25, -0.2) is 0 Å². The molecule has 3 aromatic carbocycles. The number of rotatable bonds is 9. The Kier molecular flexibility index (Phi) is 7.53. The number of nitrogens with one attached hydrogen (secondary N) is 1. The fourth-order valence-corrected chi connectivity index (χ4v) is 2.80. The van der Waals surface area contributed by atoms with Gasteiger partial charge < -0.3 is 19.5 Å². The molecule has 0 saturated heterocycles. The average Bonchev–Trinajstić information content (AvgIpc) is 2.73. The standard InChI is InChI=1S/C23H22BrNO4/c1-17-14-21(10-11-22(17)24)29-16-23(26)25-18-6-5-9-20(15-18)28-13-12-27-19-7-3-2-4-8-19/h2-11,14-15H,12-13,16H2,1H3,(H,25,26). The van der Waals surface area contributed by atoms with Gasteiger partial charge in [-0.15, -0.1) is 0 Å². The van der Waals surface area contributed by atoms with E-state index in [4.69, 9.17) is 14.2 Å². The van der Waals surface area contributed by atoms with Crippen molar-refractivity contribution < 1.29 is 19.0 Å². The third-order valence-corrected chi connectivity index (χ3v) is 4.87. The van der Waals surface area contributed by atoms with Gasteiger partial charge in [-0.2, -0.15) is 0 Å². The van der Waals surface area contributed by atoms with Crippen LogP contribution in [0.4, 0.5) is 5.69 Å². The van der Waals surface area contributed by atoms with Gasteiger partial charge in [0.2, 0.25) is 0 Å². The maximum absolute atomic E-state index is 12.2. The van der Waals surface area contributed by atoms with Crippen LogP contribution >= 0.6 is 15.9 Å². The number of benzene rings is 3. The Morgan fingerprint density at radius 2 is 1.52 bits per heavy atom. The third-order valence-electron chi connectivity index (χ3n) is 3.98. The van der Waals surface area contributed by atoms with E-state index in [1.165, 1.54) is 0 Å². The summed E-state index contributed by atoms with van der Waals surface area (Å²) in [6.07, 6.45) is 0. The first-order valence-electron chi connectivity index (χ1n) is 9.20. The summed E-state index contributed by atoms with van der Waals surface area (Å²) in [5, 5.41) is 2.81. The minimum absolute atomic E-state index is 0.0723. The molecule has 150 valence electrons. The molecule has 1 amide bonds. The lowest BCUT2D eigenvalue weighted by Crippen LogP contribution is -2.20. The number of halogens is 1. The van der Waals surface area contributed by atoms with Crippen LogP contribution in [0, 0.1) is 6.92 Å². The van der Waals surface area contributed by atoms with Gasteiger partial charge in [0.05, 0.1) is 0 Å². The Morgan fingerprint density at radius 3 is 2.28 bits per heavy atom. The Hall–Kier alpha value is -2.99. The molecule has 0 atom stereocenters. The molecule has 0 radical (unpaired) electrons. The predicted molar refractivity (Wildman–Crippen MR) is 117 cm³/mol. The first kappa shape index (κ1) is 20.7. The van der Waals surface area contributed by atoms with Crippen molar-refractivity contribution in [3.8, 4) is 17.2 Å². The lowest BCUT2D eigenvalue weighted by Gasteiger charge is -2.11. The Labute approximate surface area is 178 Å². The van der Waals surface area contributed by atoms with E-state index < -0.39 is 0 Å². The molecule has 0 bridgehead atoms. The van der Waals surface area contributed by atoms with Crippen LogP contribution < -0.4 is 19.5 Å². The first-order valence-corrected chi connectivity index (χ1v) is 9.99. The number of anilines is 1. The molecule has 0 heterocycles. The molecule has 3 aromatic rings. The van der Waals surface area contributed by atoms with Gasteiger partial charge in [-0.05, 0) is 55.0 Å². The first-order chi connectivity index (χ1) is 14.1. The Bertz CT molecular complexity index is 947. The topological polar surface area (TPSA) is 56.8 Å². The van der Waals surface area contributed by atoms with E-state index in [0.29, 0.717) is 30.4 Å². The zero-order valence-corrected chi connectivity index (χ0v) is 17.6. The van der Waals surface area contributed by atoms with Gasteiger partial charge in [0, 0.05) is 16.2 Å². The van der Waals surface area contributed by atoms with Crippen molar-refractivity contribution in [2.24, 2.45) is 0 Å². The molecule has 0 aliphatic heterocycles. The molecule has 0 saturated carbocycles. The highest BCUT2D eigenvalue weighted by atomic mass is 79.9. The number of hydrogen-bond acceptors (Lipinski definition) is 4. The van der Waals surface area contributed by atoms with Crippen molar-refractivity contribution >= 4 is 27.5 Å². The van der Waals surface area contributed by atoms with Gasteiger partial charge in [0.25, 0.3) is 5.91 Å². The van der Waals surface area contributed by atoms with E-state index in [0.717, 1.165) is 15.8 Å². The number of amides is 1.